The second-order valence-corrected chi connectivity index (χ2v) is 8.86. The van der Waals surface area contributed by atoms with Gasteiger partial charge < -0.3 is 4.74 Å². The average Bonchev–Trinajstić information content (AvgIpc) is 3.47. The number of rotatable bonds is 7. The predicted octanol–water partition coefficient (Wildman–Crippen LogP) is 5.54. The number of likely N-dealkylation sites (tertiary alicyclic amines) is 2. The first kappa shape index (κ1) is 24.1. The van der Waals surface area contributed by atoms with Gasteiger partial charge in [0.15, 0.2) is 0 Å². The first-order valence-electron chi connectivity index (χ1n) is 11.3. The molecular formula is C26H34Cl2N2O. The van der Waals surface area contributed by atoms with E-state index >= 15 is 0 Å². The van der Waals surface area contributed by atoms with Gasteiger partial charge in [-0.25, -0.2) is 0 Å². The molecule has 168 valence electrons. The van der Waals surface area contributed by atoms with Crippen molar-refractivity contribution >= 4 is 30.4 Å². The lowest BCUT2D eigenvalue weighted by atomic mass is 9.91. The van der Waals surface area contributed by atoms with E-state index in [0.29, 0.717) is 5.92 Å². The van der Waals surface area contributed by atoms with Gasteiger partial charge in [-0.2, -0.15) is 0 Å². The summed E-state index contributed by atoms with van der Waals surface area (Å²) >= 11 is 0. The summed E-state index contributed by atoms with van der Waals surface area (Å²) in [7, 11) is 0. The van der Waals surface area contributed by atoms with Crippen molar-refractivity contribution in [3.63, 3.8) is 0 Å². The monoisotopic (exact) mass is 460 g/mol. The van der Waals surface area contributed by atoms with Gasteiger partial charge in [0.25, 0.3) is 0 Å². The van der Waals surface area contributed by atoms with Crippen molar-refractivity contribution in [2.75, 3.05) is 39.3 Å². The van der Waals surface area contributed by atoms with E-state index in [4.69, 9.17) is 4.74 Å². The van der Waals surface area contributed by atoms with Crippen molar-refractivity contribution in [1.29, 1.82) is 0 Å². The number of hydrogen-bond acceptors (Lipinski definition) is 3. The Balaban J connectivity index is 0.00000136. The molecule has 0 N–H and O–H groups in total. The van der Waals surface area contributed by atoms with Crippen LogP contribution in [0.5, 0.6) is 5.75 Å². The third-order valence-electron chi connectivity index (χ3n) is 6.87. The van der Waals surface area contributed by atoms with E-state index in [0.717, 1.165) is 31.4 Å². The number of allylic oxidation sites excluding steroid dienone is 1. The molecule has 0 bridgehead atoms. The van der Waals surface area contributed by atoms with E-state index in [2.05, 4.69) is 70.5 Å². The Morgan fingerprint density at radius 3 is 2.32 bits per heavy atom. The molecule has 31 heavy (non-hydrogen) atoms. The first-order valence-corrected chi connectivity index (χ1v) is 11.3. The van der Waals surface area contributed by atoms with Crippen molar-refractivity contribution in [3.05, 3.63) is 71.8 Å². The largest absolute Gasteiger partial charge is 0.492 e. The topological polar surface area (TPSA) is 15.7 Å². The van der Waals surface area contributed by atoms with Gasteiger partial charge in [-0.15, -0.1) is 24.8 Å². The molecule has 0 spiro atoms. The lowest BCUT2D eigenvalue weighted by Crippen LogP contribution is -2.25. The number of nitrogens with zero attached hydrogens (tertiary/aromatic N) is 2. The van der Waals surface area contributed by atoms with E-state index in [9.17, 15) is 0 Å². The molecule has 3 nitrogen and oxygen atoms in total. The van der Waals surface area contributed by atoms with Gasteiger partial charge in [0.1, 0.15) is 12.4 Å². The SMILES string of the molecule is C1=C(c2ccc(OCCN3CCCC3)cc2)C2CN(Cc3ccccc3)CC2C1.Cl.Cl. The Labute approximate surface area is 199 Å². The van der Waals surface area contributed by atoms with Crippen LogP contribution in [0.1, 0.15) is 30.4 Å². The predicted molar refractivity (Wildman–Crippen MR) is 133 cm³/mol. The number of fused-ring (bicyclic) bond motifs is 1. The van der Waals surface area contributed by atoms with E-state index in [1.807, 2.05) is 0 Å². The minimum Gasteiger partial charge on any atom is -0.492 e. The fourth-order valence-corrected chi connectivity index (χ4v) is 5.33. The van der Waals surface area contributed by atoms with Crippen molar-refractivity contribution in [3.8, 4) is 5.75 Å². The Morgan fingerprint density at radius 1 is 0.839 bits per heavy atom. The van der Waals surface area contributed by atoms with Crippen LogP contribution in [0.25, 0.3) is 5.57 Å². The second kappa shape index (κ2) is 11.4. The quantitative estimate of drug-likeness (QED) is 0.539. The summed E-state index contributed by atoms with van der Waals surface area (Å²) < 4.78 is 5.99. The van der Waals surface area contributed by atoms with Gasteiger partial charge in [-0.05, 0) is 67.1 Å². The Kier molecular flexibility index (Phi) is 8.85. The molecule has 2 aromatic carbocycles. The van der Waals surface area contributed by atoms with E-state index in [1.54, 1.807) is 5.57 Å². The van der Waals surface area contributed by atoms with Crippen molar-refractivity contribution in [2.45, 2.75) is 25.8 Å². The Hall–Kier alpha value is -1.52. The maximum Gasteiger partial charge on any atom is 0.119 e. The van der Waals surface area contributed by atoms with Crippen LogP contribution in [0, 0.1) is 11.8 Å². The highest BCUT2D eigenvalue weighted by atomic mass is 35.5. The lowest BCUT2D eigenvalue weighted by molar-refractivity contribution is 0.238. The summed E-state index contributed by atoms with van der Waals surface area (Å²) in [5.74, 6) is 2.46. The molecule has 0 aromatic heterocycles. The molecule has 2 aromatic rings. The van der Waals surface area contributed by atoms with Crippen LogP contribution in [-0.2, 0) is 6.54 Å². The molecule has 2 saturated heterocycles. The standard InChI is InChI=1S/C26H32N2O.2ClH/c1-2-6-21(7-3-1)18-28-19-23-10-13-25(26(23)20-28)22-8-11-24(12-9-22)29-17-16-27-14-4-5-15-27;;/h1-3,6-9,11-13,23,26H,4-5,10,14-20H2;2*1H. The summed E-state index contributed by atoms with van der Waals surface area (Å²) in [4.78, 5) is 5.13. The number of ether oxygens (including phenoxy) is 1. The van der Waals surface area contributed by atoms with Gasteiger partial charge in [-0.3, -0.25) is 9.80 Å². The first-order chi connectivity index (χ1) is 14.3. The minimum absolute atomic E-state index is 0. The van der Waals surface area contributed by atoms with Gasteiger partial charge in [0.05, 0.1) is 0 Å². The highest BCUT2D eigenvalue weighted by Crippen LogP contribution is 2.43. The average molecular weight is 461 g/mol. The summed E-state index contributed by atoms with van der Waals surface area (Å²) in [6, 6.07) is 19.7. The fraction of sp³-hybridized carbons (Fsp3) is 0.462. The molecular weight excluding hydrogens is 427 g/mol. The molecule has 2 heterocycles. The smallest absolute Gasteiger partial charge is 0.119 e. The van der Waals surface area contributed by atoms with Crippen LogP contribution in [0.2, 0.25) is 0 Å². The second-order valence-electron chi connectivity index (χ2n) is 8.86. The molecule has 2 aliphatic heterocycles. The van der Waals surface area contributed by atoms with Crippen molar-refractivity contribution < 1.29 is 4.74 Å². The van der Waals surface area contributed by atoms with Crippen LogP contribution >= 0.6 is 24.8 Å². The van der Waals surface area contributed by atoms with Crippen LogP contribution in [0.15, 0.2) is 60.7 Å². The highest BCUT2D eigenvalue weighted by molar-refractivity contribution is 5.85. The Bertz CT molecular complexity index is 834. The zero-order valence-corrected chi connectivity index (χ0v) is 19.8. The van der Waals surface area contributed by atoms with E-state index in [1.165, 1.54) is 56.6 Å². The summed E-state index contributed by atoms with van der Waals surface area (Å²) in [5.41, 5.74) is 4.36. The summed E-state index contributed by atoms with van der Waals surface area (Å²) in [6.07, 6.45) is 6.39. The Morgan fingerprint density at radius 2 is 1.58 bits per heavy atom. The lowest BCUT2D eigenvalue weighted by Gasteiger charge is -2.18. The van der Waals surface area contributed by atoms with Crippen LogP contribution < -0.4 is 4.74 Å². The molecule has 2 atom stereocenters. The molecule has 0 radical (unpaired) electrons. The molecule has 2 fully saturated rings. The normalized spacial score (nSPS) is 23.0. The highest BCUT2D eigenvalue weighted by Gasteiger charge is 2.38. The third kappa shape index (κ3) is 5.84. The zero-order chi connectivity index (χ0) is 19.5. The number of benzene rings is 2. The van der Waals surface area contributed by atoms with Gasteiger partial charge in [0.2, 0.25) is 0 Å². The molecule has 0 amide bonds. The van der Waals surface area contributed by atoms with Gasteiger partial charge in [-0.1, -0.05) is 48.5 Å². The fourth-order valence-electron chi connectivity index (χ4n) is 5.33. The van der Waals surface area contributed by atoms with E-state index < -0.39 is 0 Å². The maximum atomic E-state index is 5.99. The van der Waals surface area contributed by atoms with Gasteiger partial charge in [0, 0.05) is 32.1 Å². The molecule has 5 heteroatoms. The van der Waals surface area contributed by atoms with Crippen molar-refractivity contribution in [2.24, 2.45) is 11.8 Å². The molecule has 0 saturated carbocycles. The number of halogens is 2. The molecule has 2 unspecified atom stereocenters. The molecule has 5 rings (SSSR count). The third-order valence-corrected chi connectivity index (χ3v) is 6.87. The van der Waals surface area contributed by atoms with E-state index in [-0.39, 0.29) is 24.8 Å². The summed E-state index contributed by atoms with van der Waals surface area (Å²) in [5, 5.41) is 0. The van der Waals surface area contributed by atoms with Crippen LogP contribution in [0.4, 0.5) is 0 Å². The van der Waals surface area contributed by atoms with Crippen LogP contribution in [-0.4, -0.2) is 49.1 Å². The minimum atomic E-state index is 0. The zero-order valence-electron chi connectivity index (χ0n) is 18.1. The van der Waals surface area contributed by atoms with Gasteiger partial charge >= 0.3 is 0 Å². The van der Waals surface area contributed by atoms with Crippen molar-refractivity contribution in [1.82, 2.24) is 9.80 Å². The summed E-state index contributed by atoms with van der Waals surface area (Å²) in [6.45, 7) is 7.79. The number of hydrogen-bond donors (Lipinski definition) is 0. The molecule has 3 aliphatic rings. The maximum absolute atomic E-state index is 5.99. The molecule has 1 aliphatic carbocycles. The van der Waals surface area contributed by atoms with Crippen LogP contribution in [0.3, 0.4) is 0 Å².